The lowest BCUT2D eigenvalue weighted by molar-refractivity contribution is 0.267. The van der Waals surface area contributed by atoms with Gasteiger partial charge in [-0.25, -0.2) is 4.99 Å². The molecule has 0 aliphatic carbocycles. The van der Waals surface area contributed by atoms with Crippen molar-refractivity contribution in [1.29, 1.82) is 0 Å². The summed E-state index contributed by atoms with van der Waals surface area (Å²) in [5.74, 6) is 2.60. The number of halogens is 1. The molecule has 2 aromatic heterocycles. The number of guanidine groups is 1. The maximum absolute atomic E-state index is 4.74. The Bertz CT molecular complexity index is 741. The van der Waals surface area contributed by atoms with Crippen molar-refractivity contribution >= 4 is 29.9 Å². The number of hydrogen-bond donors (Lipinski definition) is 2. The zero-order chi connectivity index (χ0) is 19.8. The van der Waals surface area contributed by atoms with Crippen LogP contribution in [-0.4, -0.2) is 67.6 Å². The average Bonchev–Trinajstić information content (AvgIpc) is 3.44. The van der Waals surface area contributed by atoms with Crippen LogP contribution in [-0.2, 0) is 20.1 Å². The Hall–Kier alpha value is -1.69. The highest BCUT2D eigenvalue weighted by atomic mass is 127. The number of aliphatic imine (C=N–C) groups is 1. The molecule has 1 aliphatic rings. The molecule has 0 aromatic carbocycles. The summed E-state index contributed by atoms with van der Waals surface area (Å²) in [6.07, 6.45) is 7.31. The molecule has 0 radical (unpaired) electrons. The fourth-order valence-corrected chi connectivity index (χ4v) is 3.55. The fraction of sp³-hybridized carbons (Fsp3) is 0.684. The van der Waals surface area contributed by atoms with E-state index in [-0.39, 0.29) is 24.0 Å². The van der Waals surface area contributed by atoms with E-state index in [1.165, 1.54) is 19.4 Å². The molecule has 0 bridgehead atoms. The van der Waals surface area contributed by atoms with E-state index in [1.807, 2.05) is 41.7 Å². The number of likely N-dealkylation sites (tertiary alicyclic amines) is 1. The second kappa shape index (κ2) is 12.1. The molecule has 1 fully saturated rings. The Morgan fingerprint density at radius 2 is 2.17 bits per heavy atom. The predicted molar refractivity (Wildman–Crippen MR) is 125 cm³/mol. The van der Waals surface area contributed by atoms with Crippen molar-refractivity contribution < 1.29 is 0 Å². The standard InChI is InChI=1S/C19H33N9.HI/c1-4-27-11-5-8-17(27)14-21-19(20-9-6-12-28-13-7-10-23-28)22-15-18-25-24-16(2)26(18)3;/h7,10,13,17H,4-6,8-9,11-12,14-15H2,1-3H3,(H2,20,21,22);1H. The van der Waals surface area contributed by atoms with E-state index in [0.717, 1.165) is 50.2 Å². The number of likely N-dealkylation sites (N-methyl/N-ethyl adjacent to an activating group) is 1. The first-order chi connectivity index (χ1) is 13.7. The molecule has 0 amide bonds. The minimum absolute atomic E-state index is 0. The first-order valence-corrected chi connectivity index (χ1v) is 10.3. The van der Waals surface area contributed by atoms with E-state index in [2.05, 4.69) is 37.8 Å². The molecule has 9 nitrogen and oxygen atoms in total. The lowest BCUT2D eigenvalue weighted by atomic mass is 10.2. The predicted octanol–water partition coefficient (Wildman–Crippen LogP) is 1.55. The third kappa shape index (κ3) is 6.95. The molecule has 1 atom stereocenters. The second-order valence-electron chi connectivity index (χ2n) is 7.24. The molecule has 1 unspecified atom stereocenters. The van der Waals surface area contributed by atoms with E-state index in [0.29, 0.717) is 12.6 Å². The minimum Gasteiger partial charge on any atom is -0.356 e. The van der Waals surface area contributed by atoms with Gasteiger partial charge in [0.1, 0.15) is 12.4 Å². The van der Waals surface area contributed by atoms with Gasteiger partial charge in [-0.3, -0.25) is 9.58 Å². The average molecular weight is 515 g/mol. The number of rotatable bonds is 9. The smallest absolute Gasteiger partial charge is 0.191 e. The number of aromatic nitrogens is 5. The number of hydrogen-bond acceptors (Lipinski definition) is 5. The fourth-order valence-electron chi connectivity index (χ4n) is 3.55. The van der Waals surface area contributed by atoms with E-state index in [4.69, 9.17) is 4.99 Å². The third-order valence-electron chi connectivity index (χ3n) is 5.39. The quantitative estimate of drug-likeness (QED) is 0.228. The number of nitrogens with zero attached hydrogens (tertiary/aromatic N) is 7. The lowest BCUT2D eigenvalue weighted by Crippen LogP contribution is -2.45. The van der Waals surface area contributed by atoms with Gasteiger partial charge in [0.25, 0.3) is 0 Å². The Morgan fingerprint density at radius 1 is 1.31 bits per heavy atom. The van der Waals surface area contributed by atoms with Gasteiger partial charge in [-0.15, -0.1) is 34.2 Å². The molecule has 3 rings (SSSR count). The number of nitrogens with one attached hydrogen (secondary N) is 2. The Labute approximate surface area is 190 Å². The Balaban J connectivity index is 0.00000300. The van der Waals surface area contributed by atoms with Gasteiger partial charge in [-0.1, -0.05) is 6.92 Å². The summed E-state index contributed by atoms with van der Waals surface area (Å²) in [6.45, 7) is 9.64. The highest BCUT2D eigenvalue weighted by molar-refractivity contribution is 14.0. The van der Waals surface area contributed by atoms with Crippen molar-refractivity contribution in [3.05, 3.63) is 30.1 Å². The Kier molecular flexibility index (Phi) is 9.85. The molecule has 162 valence electrons. The van der Waals surface area contributed by atoms with E-state index in [9.17, 15) is 0 Å². The van der Waals surface area contributed by atoms with Crippen LogP contribution in [0.4, 0.5) is 0 Å². The molecule has 0 spiro atoms. The topological polar surface area (TPSA) is 88.2 Å². The first-order valence-electron chi connectivity index (χ1n) is 10.3. The van der Waals surface area contributed by atoms with Gasteiger partial charge in [-0.2, -0.15) is 5.10 Å². The van der Waals surface area contributed by atoms with Crippen LogP contribution < -0.4 is 10.6 Å². The van der Waals surface area contributed by atoms with Crippen LogP contribution in [0.15, 0.2) is 23.5 Å². The van der Waals surface area contributed by atoms with E-state index < -0.39 is 0 Å². The molecule has 2 aromatic rings. The molecule has 3 heterocycles. The molecule has 2 N–H and O–H groups in total. The largest absolute Gasteiger partial charge is 0.356 e. The molecule has 1 saturated heterocycles. The summed E-state index contributed by atoms with van der Waals surface area (Å²) in [5.41, 5.74) is 0. The molecule has 1 aliphatic heterocycles. The van der Waals surface area contributed by atoms with Gasteiger partial charge < -0.3 is 15.2 Å². The lowest BCUT2D eigenvalue weighted by Gasteiger charge is -2.24. The van der Waals surface area contributed by atoms with Crippen molar-refractivity contribution in [1.82, 2.24) is 40.1 Å². The summed E-state index contributed by atoms with van der Waals surface area (Å²) < 4.78 is 3.93. The number of aryl methyl sites for hydroxylation is 2. The SMILES string of the molecule is CCN1CCCC1CNC(=NCc1nnc(C)n1C)NCCCn1cccn1.I. The maximum Gasteiger partial charge on any atom is 0.191 e. The molecular weight excluding hydrogens is 481 g/mol. The third-order valence-corrected chi connectivity index (χ3v) is 5.39. The Morgan fingerprint density at radius 3 is 2.86 bits per heavy atom. The van der Waals surface area contributed by atoms with Crippen molar-refractivity contribution in [3.63, 3.8) is 0 Å². The van der Waals surface area contributed by atoms with Crippen LogP contribution in [0.2, 0.25) is 0 Å². The molecule has 0 saturated carbocycles. The highest BCUT2D eigenvalue weighted by Gasteiger charge is 2.22. The van der Waals surface area contributed by atoms with Gasteiger partial charge in [0.05, 0.1) is 0 Å². The van der Waals surface area contributed by atoms with Crippen molar-refractivity contribution in [2.75, 3.05) is 26.2 Å². The van der Waals surface area contributed by atoms with Crippen LogP contribution >= 0.6 is 24.0 Å². The van der Waals surface area contributed by atoms with Crippen molar-refractivity contribution in [3.8, 4) is 0 Å². The monoisotopic (exact) mass is 515 g/mol. The van der Waals surface area contributed by atoms with Crippen LogP contribution in [0, 0.1) is 6.92 Å². The molecule has 29 heavy (non-hydrogen) atoms. The maximum atomic E-state index is 4.74. The van der Waals surface area contributed by atoms with Gasteiger partial charge in [0.2, 0.25) is 0 Å². The van der Waals surface area contributed by atoms with Crippen LogP contribution in [0.5, 0.6) is 0 Å². The second-order valence-corrected chi connectivity index (χ2v) is 7.24. The van der Waals surface area contributed by atoms with Gasteiger partial charge >= 0.3 is 0 Å². The summed E-state index contributed by atoms with van der Waals surface area (Å²) in [6, 6.07) is 2.53. The molecule has 10 heteroatoms. The molecular formula is C19H34IN9. The van der Waals surface area contributed by atoms with E-state index >= 15 is 0 Å². The summed E-state index contributed by atoms with van der Waals surface area (Å²) in [4.78, 5) is 7.28. The first kappa shape index (κ1) is 23.6. The van der Waals surface area contributed by atoms with Gasteiger partial charge in [0.15, 0.2) is 11.8 Å². The summed E-state index contributed by atoms with van der Waals surface area (Å²) in [7, 11) is 1.97. The van der Waals surface area contributed by atoms with Gasteiger partial charge in [-0.05, 0) is 45.3 Å². The van der Waals surface area contributed by atoms with Crippen LogP contribution in [0.3, 0.4) is 0 Å². The summed E-state index contributed by atoms with van der Waals surface area (Å²) >= 11 is 0. The van der Waals surface area contributed by atoms with E-state index in [1.54, 1.807) is 0 Å². The van der Waals surface area contributed by atoms with Crippen LogP contribution in [0.25, 0.3) is 0 Å². The summed E-state index contributed by atoms with van der Waals surface area (Å²) in [5, 5.41) is 19.6. The minimum atomic E-state index is 0. The van der Waals surface area contributed by atoms with Crippen LogP contribution in [0.1, 0.15) is 37.8 Å². The zero-order valence-electron chi connectivity index (χ0n) is 17.7. The normalized spacial score (nSPS) is 17.3. The van der Waals surface area contributed by atoms with Crippen molar-refractivity contribution in [2.24, 2.45) is 12.0 Å². The highest BCUT2D eigenvalue weighted by Crippen LogP contribution is 2.15. The zero-order valence-corrected chi connectivity index (χ0v) is 20.0. The van der Waals surface area contributed by atoms with Gasteiger partial charge in [0, 0.05) is 45.1 Å². The van der Waals surface area contributed by atoms with Crippen molar-refractivity contribution in [2.45, 2.75) is 52.2 Å².